The number of hydrogen-bond donors (Lipinski definition) is 1. The molecule has 0 aliphatic heterocycles. The van der Waals surface area contributed by atoms with Crippen LogP contribution in [0.2, 0.25) is 0 Å². The maximum absolute atomic E-state index is 13.4. The molecule has 0 saturated heterocycles. The first-order valence-corrected chi connectivity index (χ1v) is 7.98. The number of aromatic nitrogens is 4. The Morgan fingerprint density at radius 1 is 1.19 bits per heavy atom. The SMILES string of the molecule is COc1cccc(-c2nc3ncn(Cc4cccc(F)c4)c3c(=O)[nH]2)c1. The number of benzene rings is 2. The Bertz CT molecular complexity index is 1150. The van der Waals surface area contributed by atoms with Crippen molar-refractivity contribution in [1.29, 1.82) is 0 Å². The molecule has 7 heteroatoms. The number of aromatic amines is 1. The van der Waals surface area contributed by atoms with Crippen molar-refractivity contribution in [3.8, 4) is 17.1 Å². The minimum Gasteiger partial charge on any atom is -0.497 e. The summed E-state index contributed by atoms with van der Waals surface area (Å²) in [5.74, 6) is 0.763. The van der Waals surface area contributed by atoms with Crippen LogP contribution in [0.4, 0.5) is 4.39 Å². The van der Waals surface area contributed by atoms with Gasteiger partial charge in [-0.15, -0.1) is 0 Å². The van der Waals surface area contributed by atoms with Crippen molar-refractivity contribution < 1.29 is 9.13 Å². The van der Waals surface area contributed by atoms with E-state index < -0.39 is 0 Å². The zero-order valence-corrected chi connectivity index (χ0v) is 13.9. The highest BCUT2D eigenvalue weighted by molar-refractivity contribution is 5.73. The van der Waals surface area contributed by atoms with E-state index in [2.05, 4.69) is 15.0 Å². The number of nitrogens with zero attached hydrogens (tertiary/aromatic N) is 3. The predicted molar refractivity (Wildman–Crippen MR) is 95.6 cm³/mol. The van der Waals surface area contributed by atoms with Crippen LogP contribution in [0.5, 0.6) is 5.75 Å². The van der Waals surface area contributed by atoms with Gasteiger partial charge < -0.3 is 14.3 Å². The van der Waals surface area contributed by atoms with Gasteiger partial charge in [-0.2, -0.15) is 0 Å². The third-order valence-corrected chi connectivity index (χ3v) is 4.07. The summed E-state index contributed by atoms with van der Waals surface area (Å²) in [7, 11) is 1.58. The average Bonchev–Trinajstić information content (AvgIpc) is 3.05. The van der Waals surface area contributed by atoms with Crippen molar-refractivity contribution in [2.24, 2.45) is 0 Å². The molecule has 0 spiro atoms. The highest BCUT2D eigenvalue weighted by Crippen LogP contribution is 2.21. The summed E-state index contributed by atoms with van der Waals surface area (Å²) in [6, 6.07) is 13.5. The van der Waals surface area contributed by atoms with Gasteiger partial charge in [0.05, 0.1) is 13.4 Å². The molecule has 26 heavy (non-hydrogen) atoms. The first-order chi connectivity index (χ1) is 12.6. The molecule has 2 aromatic heterocycles. The van der Waals surface area contributed by atoms with Gasteiger partial charge in [0.15, 0.2) is 11.2 Å². The fourth-order valence-electron chi connectivity index (χ4n) is 2.85. The lowest BCUT2D eigenvalue weighted by molar-refractivity contribution is 0.415. The largest absolute Gasteiger partial charge is 0.497 e. The van der Waals surface area contributed by atoms with Gasteiger partial charge in [0.1, 0.15) is 17.4 Å². The second-order valence-corrected chi connectivity index (χ2v) is 5.82. The summed E-state index contributed by atoms with van der Waals surface area (Å²) in [6.45, 7) is 0.331. The number of halogens is 1. The Morgan fingerprint density at radius 2 is 2.04 bits per heavy atom. The lowest BCUT2D eigenvalue weighted by atomic mass is 10.2. The maximum atomic E-state index is 13.4. The minimum absolute atomic E-state index is 0.304. The van der Waals surface area contributed by atoms with E-state index >= 15 is 0 Å². The van der Waals surface area contributed by atoms with Crippen molar-refractivity contribution >= 4 is 11.2 Å². The number of methoxy groups -OCH3 is 1. The quantitative estimate of drug-likeness (QED) is 0.614. The van der Waals surface area contributed by atoms with E-state index in [-0.39, 0.29) is 11.4 Å². The Balaban J connectivity index is 1.77. The van der Waals surface area contributed by atoms with Crippen LogP contribution in [0, 0.1) is 5.82 Å². The molecule has 130 valence electrons. The summed E-state index contributed by atoms with van der Waals surface area (Å²) in [5.41, 5.74) is 1.84. The smallest absolute Gasteiger partial charge is 0.277 e. The van der Waals surface area contributed by atoms with Crippen LogP contribution in [0.15, 0.2) is 59.7 Å². The first-order valence-electron chi connectivity index (χ1n) is 7.98. The van der Waals surface area contributed by atoms with Crippen molar-refractivity contribution in [3.05, 3.63) is 76.6 Å². The first kappa shape index (κ1) is 16.0. The number of fused-ring (bicyclic) bond motifs is 1. The molecule has 0 aliphatic rings. The van der Waals surface area contributed by atoms with Crippen molar-refractivity contribution in [1.82, 2.24) is 19.5 Å². The molecule has 0 fully saturated rings. The van der Waals surface area contributed by atoms with Crippen molar-refractivity contribution in [2.45, 2.75) is 6.54 Å². The highest BCUT2D eigenvalue weighted by atomic mass is 19.1. The van der Waals surface area contributed by atoms with Crippen LogP contribution >= 0.6 is 0 Å². The van der Waals surface area contributed by atoms with Crippen LogP contribution in [0.3, 0.4) is 0 Å². The standard InChI is InChI=1S/C19H15FN4O2/c1-26-15-7-3-5-13(9-15)17-22-18-16(19(25)23-17)24(11-21-18)10-12-4-2-6-14(20)8-12/h2-9,11H,10H2,1H3,(H,22,23,25). The van der Waals surface area contributed by atoms with Crippen molar-refractivity contribution in [3.63, 3.8) is 0 Å². The van der Waals surface area contributed by atoms with Crippen LogP contribution in [0.25, 0.3) is 22.6 Å². The van der Waals surface area contributed by atoms with Crippen molar-refractivity contribution in [2.75, 3.05) is 7.11 Å². The predicted octanol–water partition coefficient (Wildman–Crippen LogP) is 2.98. The zero-order chi connectivity index (χ0) is 18.1. The Kier molecular flexibility index (Phi) is 3.96. The van der Waals surface area contributed by atoms with Gasteiger partial charge in [-0.3, -0.25) is 4.79 Å². The van der Waals surface area contributed by atoms with E-state index in [0.29, 0.717) is 29.3 Å². The van der Waals surface area contributed by atoms with Crippen LogP contribution in [-0.4, -0.2) is 26.6 Å². The second kappa shape index (κ2) is 6.44. The fraction of sp³-hybridized carbons (Fsp3) is 0.105. The number of nitrogens with one attached hydrogen (secondary N) is 1. The molecule has 0 amide bonds. The molecule has 0 aliphatic carbocycles. The molecule has 0 unspecified atom stereocenters. The third-order valence-electron chi connectivity index (χ3n) is 4.07. The third kappa shape index (κ3) is 2.95. The molecular formula is C19H15FN4O2. The molecule has 4 rings (SSSR count). The number of imidazole rings is 1. The average molecular weight is 350 g/mol. The van der Waals surface area contributed by atoms with E-state index in [1.165, 1.54) is 18.5 Å². The molecule has 6 nitrogen and oxygen atoms in total. The van der Waals surface area contributed by atoms with Gasteiger partial charge in [0.2, 0.25) is 0 Å². The Labute approximate surface area is 147 Å². The lowest BCUT2D eigenvalue weighted by Gasteiger charge is -2.06. The summed E-state index contributed by atoms with van der Waals surface area (Å²) in [4.78, 5) is 24.1. The van der Waals surface area contributed by atoms with E-state index in [0.717, 1.165) is 11.1 Å². The summed E-state index contributed by atoms with van der Waals surface area (Å²) >= 11 is 0. The van der Waals surface area contributed by atoms with E-state index in [1.54, 1.807) is 29.9 Å². The molecule has 2 aromatic carbocycles. The Morgan fingerprint density at radius 3 is 2.85 bits per heavy atom. The van der Waals surface area contributed by atoms with Crippen LogP contribution < -0.4 is 10.3 Å². The van der Waals surface area contributed by atoms with Crippen LogP contribution in [-0.2, 0) is 6.54 Å². The van der Waals surface area contributed by atoms with Crippen LogP contribution in [0.1, 0.15) is 5.56 Å². The number of rotatable bonds is 4. The monoisotopic (exact) mass is 350 g/mol. The maximum Gasteiger partial charge on any atom is 0.277 e. The highest BCUT2D eigenvalue weighted by Gasteiger charge is 2.12. The van der Waals surface area contributed by atoms with E-state index in [9.17, 15) is 9.18 Å². The molecular weight excluding hydrogens is 335 g/mol. The van der Waals surface area contributed by atoms with Gasteiger partial charge in [0, 0.05) is 12.1 Å². The topological polar surface area (TPSA) is 72.8 Å². The fourth-order valence-corrected chi connectivity index (χ4v) is 2.85. The number of ether oxygens (including phenoxy) is 1. The normalized spacial score (nSPS) is 11.0. The molecule has 0 bridgehead atoms. The second-order valence-electron chi connectivity index (χ2n) is 5.82. The number of hydrogen-bond acceptors (Lipinski definition) is 4. The molecule has 1 N–H and O–H groups in total. The zero-order valence-electron chi connectivity index (χ0n) is 13.9. The van der Waals surface area contributed by atoms with E-state index in [4.69, 9.17) is 4.74 Å². The number of H-pyrrole nitrogens is 1. The summed E-state index contributed by atoms with van der Waals surface area (Å²) < 4.78 is 20.2. The molecule has 0 saturated carbocycles. The van der Waals surface area contributed by atoms with Gasteiger partial charge in [0.25, 0.3) is 5.56 Å². The summed E-state index contributed by atoms with van der Waals surface area (Å²) in [5, 5.41) is 0. The van der Waals surface area contributed by atoms with Gasteiger partial charge in [-0.1, -0.05) is 24.3 Å². The Hall–Kier alpha value is -3.48. The molecule has 4 aromatic rings. The van der Waals surface area contributed by atoms with Gasteiger partial charge >= 0.3 is 0 Å². The van der Waals surface area contributed by atoms with E-state index in [1.807, 2.05) is 18.2 Å². The summed E-state index contributed by atoms with van der Waals surface area (Å²) in [6.07, 6.45) is 1.53. The molecule has 0 atom stereocenters. The lowest BCUT2D eigenvalue weighted by Crippen LogP contribution is -2.13. The minimum atomic E-state index is -0.320. The van der Waals surface area contributed by atoms with Gasteiger partial charge in [-0.05, 0) is 29.8 Å². The van der Waals surface area contributed by atoms with Gasteiger partial charge in [-0.25, -0.2) is 14.4 Å². The molecule has 0 radical (unpaired) electrons. The molecule has 2 heterocycles.